The third kappa shape index (κ3) is 2.11. The number of halogens is 1. The van der Waals surface area contributed by atoms with E-state index in [9.17, 15) is 0 Å². The topological polar surface area (TPSA) is 61.0 Å². The average Bonchev–Trinajstić information content (AvgIpc) is 2.37. The molecule has 18 heavy (non-hydrogen) atoms. The van der Waals surface area contributed by atoms with Crippen molar-refractivity contribution < 1.29 is 4.74 Å². The van der Waals surface area contributed by atoms with Crippen molar-refractivity contribution in [2.75, 3.05) is 12.8 Å². The van der Waals surface area contributed by atoms with Crippen LogP contribution in [0, 0.1) is 13.8 Å². The third-order valence-corrected chi connectivity index (χ3v) is 3.30. The summed E-state index contributed by atoms with van der Waals surface area (Å²) in [7, 11) is 1.58. The Morgan fingerprint density at radius 3 is 2.56 bits per heavy atom. The second-order valence-corrected chi connectivity index (χ2v) is 4.44. The molecule has 1 aromatic heterocycles. The van der Waals surface area contributed by atoms with E-state index in [1.807, 2.05) is 26.0 Å². The highest BCUT2D eigenvalue weighted by molar-refractivity contribution is 6.32. The minimum Gasteiger partial charge on any atom is -0.495 e. The van der Waals surface area contributed by atoms with Crippen molar-refractivity contribution in [2.24, 2.45) is 0 Å². The Balaban J connectivity index is 2.59. The highest BCUT2D eigenvalue weighted by Gasteiger charge is 2.11. The molecule has 0 saturated carbocycles. The quantitative estimate of drug-likeness (QED) is 0.905. The van der Waals surface area contributed by atoms with Crippen LogP contribution in [0.25, 0.3) is 11.3 Å². The number of methoxy groups -OCH3 is 1. The summed E-state index contributed by atoms with van der Waals surface area (Å²) in [6.45, 7) is 3.90. The molecule has 0 radical (unpaired) electrons. The number of anilines is 1. The van der Waals surface area contributed by atoms with E-state index in [0.717, 1.165) is 22.4 Å². The van der Waals surface area contributed by atoms with Crippen molar-refractivity contribution in [1.82, 2.24) is 10.2 Å². The first-order chi connectivity index (χ1) is 8.54. The molecule has 2 N–H and O–H groups in total. The Morgan fingerprint density at radius 2 is 1.89 bits per heavy atom. The molecule has 0 unspecified atom stereocenters. The number of aromatic nitrogens is 2. The summed E-state index contributed by atoms with van der Waals surface area (Å²) in [5, 5.41) is 8.66. The molecule has 2 aromatic rings. The predicted molar refractivity (Wildman–Crippen MR) is 72.9 cm³/mol. The van der Waals surface area contributed by atoms with E-state index in [-0.39, 0.29) is 0 Å². The Bertz CT molecular complexity index is 599. The van der Waals surface area contributed by atoms with Gasteiger partial charge in [0.2, 0.25) is 0 Å². The van der Waals surface area contributed by atoms with Gasteiger partial charge in [0.25, 0.3) is 0 Å². The molecule has 0 atom stereocenters. The van der Waals surface area contributed by atoms with Gasteiger partial charge in [-0.3, -0.25) is 0 Å². The lowest BCUT2D eigenvalue weighted by atomic mass is 10.0. The number of hydrogen-bond acceptors (Lipinski definition) is 4. The van der Waals surface area contributed by atoms with Gasteiger partial charge in [-0.25, -0.2) is 0 Å². The maximum atomic E-state index is 6.00. The summed E-state index contributed by atoms with van der Waals surface area (Å²) < 4.78 is 5.20. The normalized spacial score (nSPS) is 10.4. The summed E-state index contributed by atoms with van der Waals surface area (Å²) in [4.78, 5) is 0. The molecule has 0 bridgehead atoms. The van der Waals surface area contributed by atoms with Crippen molar-refractivity contribution in [3.8, 4) is 17.0 Å². The molecule has 0 saturated heterocycles. The minimum atomic E-state index is 0.456. The zero-order chi connectivity index (χ0) is 13.3. The maximum absolute atomic E-state index is 6.00. The highest BCUT2D eigenvalue weighted by atomic mass is 35.5. The molecule has 0 fully saturated rings. The fourth-order valence-corrected chi connectivity index (χ4v) is 1.90. The molecular weight excluding hydrogens is 250 g/mol. The van der Waals surface area contributed by atoms with E-state index >= 15 is 0 Å². The Kier molecular flexibility index (Phi) is 3.39. The number of hydrogen-bond donors (Lipinski definition) is 1. The number of nitrogens with zero attached hydrogens (tertiary/aromatic N) is 2. The summed E-state index contributed by atoms with van der Waals surface area (Å²) in [5.74, 6) is 1.07. The monoisotopic (exact) mass is 263 g/mol. The van der Waals surface area contributed by atoms with Crippen LogP contribution in [-0.4, -0.2) is 17.3 Å². The van der Waals surface area contributed by atoms with Gasteiger partial charge in [0.15, 0.2) is 0 Å². The molecule has 1 heterocycles. The highest BCUT2D eigenvalue weighted by Crippen LogP contribution is 2.31. The van der Waals surface area contributed by atoms with Crippen LogP contribution in [0.2, 0.25) is 5.02 Å². The number of benzene rings is 1. The molecule has 0 spiro atoms. The first-order valence-corrected chi connectivity index (χ1v) is 5.85. The zero-order valence-electron chi connectivity index (χ0n) is 10.5. The van der Waals surface area contributed by atoms with Crippen LogP contribution in [0.15, 0.2) is 18.2 Å². The Morgan fingerprint density at radius 1 is 1.17 bits per heavy atom. The van der Waals surface area contributed by atoms with E-state index in [4.69, 9.17) is 22.1 Å². The van der Waals surface area contributed by atoms with Crippen molar-refractivity contribution >= 4 is 17.4 Å². The summed E-state index contributed by atoms with van der Waals surface area (Å²) >= 11 is 6.00. The average molecular weight is 264 g/mol. The molecule has 0 aliphatic rings. The molecule has 0 aliphatic carbocycles. The predicted octanol–water partition coefficient (Wildman–Crippen LogP) is 3.00. The van der Waals surface area contributed by atoms with E-state index < -0.39 is 0 Å². The van der Waals surface area contributed by atoms with Gasteiger partial charge in [-0.2, -0.15) is 0 Å². The molecule has 5 heteroatoms. The summed E-state index contributed by atoms with van der Waals surface area (Å²) in [5.41, 5.74) is 9.37. The van der Waals surface area contributed by atoms with Gasteiger partial charge >= 0.3 is 0 Å². The van der Waals surface area contributed by atoms with Crippen molar-refractivity contribution in [3.63, 3.8) is 0 Å². The van der Waals surface area contributed by atoms with E-state index in [0.29, 0.717) is 16.6 Å². The number of ether oxygens (including phenoxy) is 1. The lowest BCUT2D eigenvalue weighted by molar-refractivity contribution is 0.415. The standard InChI is InChI=1S/C13H14ClN3O/c1-7-8(2)13(15)17-16-12(7)9-4-5-10(14)11(6-9)18-3/h4-6H,1-3H3,(H2,15,17). The van der Waals surface area contributed by atoms with Gasteiger partial charge in [0.1, 0.15) is 11.6 Å². The molecular formula is C13H14ClN3O. The Hall–Kier alpha value is -1.81. The van der Waals surface area contributed by atoms with Gasteiger partial charge < -0.3 is 10.5 Å². The van der Waals surface area contributed by atoms with Crippen molar-refractivity contribution in [2.45, 2.75) is 13.8 Å². The summed E-state index contributed by atoms with van der Waals surface area (Å²) in [6, 6.07) is 5.51. The van der Waals surface area contributed by atoms with Crippen molar-refractivity contribution in [1.29, 1.82) is 0 Å². The van der Waals surface area contributed by atoms with Crippen molar-refractivity contribution in [3.05, 3.63) is 34.3 Å². The van der Waals surface area contributed by atoms with Gasteiger partial charge in [-0.1, -0.05) is 17.7 Å². The van der Waals surface area contributed by atoms with Crippen LogP contribution < -0.4 is 10.5 Å². The van der Waals surface area contributed by atoms with Gasteiger partial charge in [-0.15, -0.1) is 10.2 Å². The van der Waals surface area contributed by atoms with Crippen LogP contribution in [0.4, 0.5) is 5.82 Å². The first-order valence-electron chi connectivity index (χ1n) is 5.48. The summed E-state index contributed by atoms with van der Waals surface area (Å²) in [6.07, 6.45) is 0. The van der Waals surface area contributed by atoms with E-state index in [1.54, 1.807) is 13.2 Å². The van der Waals surface area contributed by atoms with Gasteiger partial charge in [-0.05, 0) is 37.1 Å². The van der Waals surface area contributed by atoms with E-state index in [1.165, 1.54) is 0 Å². The third-order valence-electron chi connectivity index (χ3n) is 2.98. The fourth-order valence-electron chi connectivity index (χ4n) is 1.70. The number of rotatable bonds is 2. The van der Waals surface area contributed by atoms with Crippen LogP contribution in [-0.2, 0) is 0 Å². The largest absolute Gasteiger partial charge is 0.495 e. The molecule has 0 aliphatic heterocycles. The molecule has 2 rings (SSSR count). The molecule has 94 valence electrons. The molecule has 4 nitrogen and oxygen atoms in total. The number of nitrogen functional groups attached to an aromatic ring is 1. The lowest BCUT2D eigenvalue weighted by Gasteiger charge is -2.10. The second kappa shape index (κ2) is 4.82. The second-order valence-electron chi connectivity index (χ2n) is 4.03. The molecule has 1 aromatic carbocycles. The molecule has 0 amide bonds. The minimum absolute atomic E-state index is 0.456. The van der Waals surface area contributed by atoms with Crippen LogP contribution in [0.3, 0.4) is 0 Å². The van der Waals surface area contributed by atoms with Gasteiger partial charge in [0.05, 0.1) is 17.8 Å². The Labute approximate surface area is 111 Å². The van der Waals surface area contributed by atoms with Crippen LogP contribution in [0.1, 0.15) is 11.1 Å². The van der Waals surface area contributed by atoms with Crippen LogP contribution >= 0.6 is 11.6 Å². The lowest BCUT2D eigenvalue weighted by Crippen LogP contribution is -2.02. The zero-order valence-corrected chi connectivity index (χ0v) is 11.2. The smallest absolute Gasteiger partial charge is 0.149 e. The van der Waals surface area contributed by atoms with Gasteiger partial charge in [0, 0.05) is 5.56 Å². The maximum Gasteiger partial charge on any atom is 0.149 e. The fraction of sp³-hybridized carbons (Fsp3) is 0.231. The first kappa shape index (κ1) is 12.6. The number of nitrogens with two attached hydrogens (primary N) is 1. The van der Waals surface area contributed by atoms with Crippen LogP contribution in [0.5, 0.6) is 5.75 Å². The SMILES string of the molecule is COc1cc(-c2nnc(N)c(C)c2C)ccc1Cl. The van der Waals surface area contributed by atoms with E-state index in [2.05, 4.69) is 10.2 Å².